The van der Waals surface area contributed by atoms with Crippen molar-refractivity contribution in [3.63, 3.8) is 0 Å². The van der Waals surface area contributed by atoms with Crippen molar-refractivity contribution in [1.29, 1.82) is 0 Å². The molecule has 3 rings (SSSR count). The van der Waals surface area contributed by atoms with E-state index in [0.717, 1.165) is 11.4 Å². The summed E-state index contributed by atoms with van der Waals surface area (Å²) in [6, 6.07) is 10.9. The topological polar surface area (TPSA) is 95.4 Å². The molecule has 1 fully saturated rings. The van der Waals surface area contributed by atoms with E-state index < -0.39 is 0 Å². The number of aromatic nitrogens is 2. The van der Waals surface area contributed by atoms with Crippen molar-refractivity contribution >= 4 is 11.8 Å². The fourth-order valence-electron chi connectivity index (χ4n) is 3.51. The Morgan fingerprint density at radius 1 is 1.04 bits per heavy atom. The quantitative estimate of drug-likeness (QED) is 0.713. The monoisotopic (exact) mass is 382 g/mol. The first-order valence-electron chi connectivity index (χ1n) is 9.65. The number of likely N-dealkylation sites (tertiary alicyclic amines) is 1. The zero-order chi connectivity index (χ0) is 19.8. The van der Waals surface area contributed by atoms with Gasteiger partial charge in [0, 0.05) is 49.2 Å². The Kier molecular flexibility index (Phi) is 7.08. The minimum atomic E-state index is -0.252. The molecule has 28 heavy (non-hydrogen) atoms. The van der Waals surface area contributed by atoms with Gasteiger partial charge in [0.25, 0.3) is 0 Å². The van der Waals surface area contributed by atoms with Crippen LogP contribution in [0.1, 0.15) is 30.7 Å². The van der Waals surface area contributed by atoms with Crippen LogP contribution in [0.15, 0.2) is 48.8 Å². The lowest BCUT2D eigenvalue weighted by Crippen LogP contribution is -2.40. The second-order valence-corrected chi connectivity index (χ2v) is 7.02. The van der Waals surface area contributed by atoms with Gasteiger partial charge in [-0.25, -0.2) is 0 Å². The number of amides is 2. The second kappa shape index (κ2) is 9.94. The number of nitrogens with zero attached hydrogens (tertiary/aromatic N) is 3. The Morgan fingerprint density at radius 3 is 2.25 bits per heavy atom. The standard InChI is InChI=1S/C21H26N4O3/c26-15-19-13-18(24-20(27)9-7-16-5-1-3-11-22-16)14-25(19)21(28)10-8-17-6-2-4-12-23-17/h1-6,11-12,18-19,26H,7-10,13-15H2,(H,24,27)/t18-,19-/m0/s1. The van der Waals surface area contributed by atoms with Crippen molar-refractivity contribution in [3.8, 4) is 0 Å². The Morgan fingerprint density at radius 2 is 1.68 bits per heavy atom. The van der Waals surface area contributed by atoms with Gasteiger partial charge >= 0.3 is 0 Å². The summed E-state index contributed by atoms with van der Waals surface area (Å²) in [6.07, 6.45) is 5.83. The Hall–Kier alpha value is -2.80. The summed E-state index contributed by atoms with van der Waals surface area (Å²) in [7, 11) is 0. The zero-order valence-electron chi connectivity index (χ0n) is 15.8. The van der Waals surface area contributed by atoms with Crippen molar-refractivity contribution in [1.82, 2.24) is 20.2 Å². The van der Waals surface area contributed by atoms with E-state index in [-0.39, 0.29) is 30.5 Å². The van der Waals surface area contributed by atoms with E-state index in [1.807, 2.05) is 36.4 Å². The molecule has 2 aromatic rings. The summed E-state index contributed by atoms with van der Waals surface area (Å²) in [4.78, 5) is 35.0. The average Bonchev–Trinajstić information content (AvgIpc) is 3.15. The van der Waals surface area contributed by atoms with Gasteiger partial charge in [-0.15, -0.1) is 0 Å². The molecule has 0 aliphatic carbocycles. The van der Waals surface area contributed by atoms with Crippen molar-refractivity contribution in [2.24, 2.45) is 0 Å². The molecule has 7 nitrogen and oxygen atoms in total. The second-order valence-electron chi connectivity index (χ2n) is 7.02. The highest BCUT2D eigenvalue weighted by molar-refractivity contribution is 5.78. The highest BCUT2D eigenvalue weighted by Gasteiger charge is 2.35. The molecule has 2 N–H and O–H groups in total. The van der Waals surface area contributed by atoms with Crippen LogP contribution >= 0.6 is 0 Å². The number of carbonyl (C=O) groups is 2. The molecule has 0 saturated carbocycles. The third kappa shape index (κ3) is 5.60. The van der Waals surface area contributed by atoms with Crippen LogP contribution in [0.4, 0.5) is 0 Å². The minimum Gasteiger partial charge on any atom is -0.394 e. The molecule has 0 aromatic carbocycles. The number of hydrogen-bond donors (Lipinski definition) is 2. The number of pyridine rings is 2. The van der Waals surface area contributed by atoms with Crippen molar-refractivity contribution in [2.45, 2.75) is 44.2 Å². The summed E-state index contributed by atoms with van der Waals surface area (Å²) < 4.78 is 0. The summed E-state index contributed by atoms with van der Waals surface area (Å²) in [6.45, 7) is 0.331. The summed E-state index contributed by atoms with van der Waals surface area (Å²) >= 11 is 0. The third-order valence-electron chi connectivity index (χ3n) is 4.97. The number of aryl methyl sites for hydroxylation is 2. The minimum absolute atomic E-state index is 0.0186. The highest BCUT2D eigenvalue weighted by atomic mass is 16.3. The predicted octanol–water partition coefficient (Wildman–Crippen LogP) is 1.12. The van der Waals surface area contributed by atoms with E-state index in [1.54, 1.807) is 17.3 Å². The number of nitrogens with one attached hydrogen (secondary N) is 1. The van der Waals surface area contributed by atoms with Gasteiger partial charge < -0.3 is 15.3 Å². The van der Waals surface area contributed by atoms with E-state index >= 15 is 0 Å². The molecule has 2 atom stereocenters. The molecule has 3 heterocycles. The molecular weight excluding hydrogens is 356 g/mol. The largest absolute Gasteiger partial charge is 0.394 e. The molecule has 0 unspecified atom stereocenters. The lowest BCUT2D eigenvalue weighted by atomic mass is 10.1. The number of hydrogen-bond acceptors (Lipinski definition) is 5. The predicted molar refractivity (Wildman–Crippen MR) is 104 cm³/mol. The molecule has 0 spiro atoms. The third-order valence-corrected chi connectivity index (χ3v) is 4.97. The summed E-state index contributed by atoms with van der Waals surface area (Å²) in [5.41, 5.74) is 1.75. The van der Waals surface area contributed by atoms with Gasteiger partial charge in [-0.05, 0) is 43.5 Å². The van der Waals surface area contributed by atoms with Crippen LogP contribution < -0.4 is 5.32 Å². The highest BCUT2D eigenvalue weighted by Crippen LogP contribution is 2.19. The SMILES string of the molecule is O=C(CCc1ccccn1)N[C@H]1C[C@@H](CO)N(C(=O)CCc2ccccn2)C1. The van der Waals surface area contributed by atoms with Crippen LogP contribution in [-0.4, -0.2) is 57.0 Å². The molecule has 1 aliphatic rings. The van der Waals surface area contributed by atoms with Gasteiger partial charge in [-0.1, -0.05) is 12.1 Å². The normalized spacial score (nSPS) is 18.8. The van der Waals surface area contributed by atoms with Gasteiger partial charge in [0.2, 0.25) is 11.8 Å². The average molecular weight is 382 g/mol. The van der Waals surface area contributed by atoms with Gasteiger partial charge in [0.1, 0.15) is 0 Å². The van der Waals surface area contributed by atoms with Crippen LogP contribution in [0, 0.1) is 0 Å². The molecule has 1 saturated heterocycles. The molecule has 7 heteroatoms. The summed E-state index contributed by atoms with van der Waals surface area (Å²) in [5, 5.41) is 12.6. The fourth-order valence-corrected chi connectivity index (χ4v) is 3.51. The molecule has 0 radical (unpaired) electrons. The van der Waals surface area contributed by atoms with Gasteiger partial charge in [-0.2, -0.15) is 0 Å². The number of aliphatic hydroxyl groups excluding tert-OH is 1. The van der Waals surface area contributed by atoms with E-state index in [1.165, 1.54) is 0 Å². The molecule has 0 bridgehead atoms. The lowest BCUT2D eigenvalue weighted by molar-refractivity contribution is -0.133. The van der Waals surface area contributed by atoms with E-state index in [0.29, 0.717) is 38.6 Å². The molecule has 148 valence electrons. The fraction of sp³-hybridized carbons (Fsp3) is 0.429. The first kappa shape index (κ1) is 19.9. The maximum absolute atomic E-state index is 12.6. The molecule has 2 aromatic heterocycles. The van der Waals surface area contributed by atoms with Crippen LogP contribution in [0.25, 0.3) is 0 Å². The summed E-state index contributed by atoms with van der Waals surface area (Å²) in [5.74, 6) is -0.0786. The maximum Gasteiger partial charge on any atom is 0.223 e. The first-order valence-corrected chi connectivity index (χ1v) is 9.65. The van der Waals surface area contributed by atoms with E-state index in [2.05, 4.69) is 15.3 Å². The number of carbonyl (C=O) groups excluding carboxylic acids is 2. The van der Waals surface area contributed by atoms with E-state index in [4.69, 9.17) is 0 Å². The number of aliphatic hydroxyl groups is 1. The van der Waals surface area contributed by atoms with Gasteiger partial charge in [-0.3, -0.25) is 19.6 Å². The maximum atomic E-state index is 12.6. The van der Waals surface area contributed by atoms with Crippen molar-refractivity contribution in [2.75, 3.05) is 13.2 Å². The smallest absolute Gasteiger partial charge is 0.223 e. The van der Waals surface area contributed by atoms with E-state index in [9.17, 15) is 14.7 Å². The lowest BCUT2D eigenvalue weighted by Gasteiger charge is -2.22. The van der Waals surface area contributed by atoms with Crippen molar-refractivity contribution in [3.05, 3.63) is 60.2 Å². The van der Waals surface area contributed by atoms with Crippen molar-refractivity contribution < 1.29 is 14.7 Å². The molecular formula is C21H26N4O3. The molecule has 1 aliphatic heterocycles. The Bertz CT molecular complexity index is 770. The Balaban J connectivity index is 1.47. The number of rotatable bonds is 8. The van der Waals surface area contributed by atoms with Gasteiger partial charge in [0.05, 0.1) is 12.6 Å². The van der Waals surface area contributed by atoms with Crippen LogP contribution in [0.2, 0.25) is 0 Å². The zero-order valence-corrected chi connectivity index (χ0v) is 15.8. The van der Waals surface area contributed by atoms with Gasteiger partial charge in [0.15, 0.2) is 0 Å². The van der Waals surface area contributed by atoms with Crippen LogP contribution in [0.3, 0.4) is 0 Å². The van der Waals surface area contributed by atoms with Crippen LogP contribution in [0.5, 0.6) is 0 Å². The molecule has 2 amide bonds. The first-order chi connectivity index (χ1) is 13.7. The Labute approximate surface area is 164 Å². The van der Waals surface area contributed by atoms with Crippen LogP contribution in [-0.2, 0) is 22.4 Å².